The molecule has 3 rings (SSSR count). The zero-order valence-corrected chi connectivity index (χ0v) is 15.7. The molecule has 0 fully saturated rings. The first kappa shape index (κ1) is 17.2. The van der Waals surface area contributed by atoms with Crippen molar-refractivity contribution in [3.05, 3.63) is 47.5 Å². The van der Waals surface area contributed by atoms with E-state index < -0.39 is 19.7 Å². The predicted molar refractivity (Wildman–Crippen MR) is 92.0 cm³/mol. The maximum absolute atomic E-state index is 13.0. The molecular formula is C18H20O4S2. The van der Waals surface area contributed by atoms with Crippen molar-refractivity contribution < 1.29 is 16.8 Å². The fourth-order valence-corrected chi connectivity index (χ4v) is 7.05. The van der Waals surface area contributed by atoms with E-state index in [-0.39, 0.29) is 31.4 Å². The zero-order valence-electron chi connectivity index (χ0n) is 14.1. The number of fused-ring (bicyclic) bond motifs is 2. The lowest BCUT2D eigenvalue weighted by Gasteiger charge is -2.22. The Bertz CT molecular complexity index is 945. The van der Waals surface area contributed by atoms with E-state index >= 15 is 0 Å². The molecule has 1 heterocycles. The Hall–Kier alpha value is -1.66. The Morgan fingerprint density at radius 1 is 0.583 bits per heavy atom. The van der Waals surface area contributed by atoms with Crippen molar-refractivity contribution >= 4 is 19.7 Å². The van der Waals surface area contributed by atoms with Gasteiger partial charge in [0.1, 0.15) is 0 Å². The first-order valence-corrected chi connectivity index (χ1v) is 10.8. The number of hydrogen-bond acceptors (Lipinski definition) is 4. The normalized spacial score (nSPS) is 17.6. The van der Waals surface area contributed by atoms with Crippen LogP contribution in [0.3, 0.4) is 0 Å². The van der Waals surface area contributed by atoms with Crippen LogP contribution < -0.4 is 0 Å². The third-order valence-corrected chi connectivity index (χ3v) is 8.39. The molecule has 24 heavy (non-hydrogen) atoms. The Morgan fingerprint density at radius 2 is 0.917 bits per heavy atom. The van der Waals surface area contributed by atoms with Gasteiger partial charge in [-0.2, -0.15) is 0 Å². The SMILES string of the molecule is CC(C)c1ccc2c(c1)S(=O)(=O)c1ccc(C(C)C)cc1S2(=O)=O. The molecule has 0 amide bonds. The van der Waals surface area contributed by atoms with E-state index in [0.29, 0.717) is 0 Å². The molecule has 2 aromatic rings. The van der Waals surface area contributed by atoms with Gasteiger partial charge in [0, 0.05) is 0 Å². The molecule has 0 atom stereocenters. The molecule has 128 valence electrons. The average molecular weight is 364 g/mol. The van der Waals surface area contributed by atoms with Crippen LogP contribution in [0.2, 0.25) is 0 Å². The van der Waals surface area contributed by atoms with Crippen molar-refractivity contribution in [1.29, 1.82) is 0 Å². The highest BCUT2D eigenvalue weighted by Crippen LogP contribution is 2.42. The summed E-state index contributed by atoms with van der Waals surface area (Å²) in [5.41, 5.74) is 1.60. The van der Waals surface area contributed by atoms with Crippen LogP contribution in [-0.4, -0.2) is 16.8 Å². The topological polar surface area (TPSA) is 68.3 Å². The van der Waals surface area contributed by atoms with Crippen LogP contribution in [0.25, 0.3) is 0 Å². The quantitative estimate of drug-likeness (QED) is 0.691. The predicted octanol–water partition coefficient (Wildman–Crippen LogP) is 3.91. The lowest BCUT2D eigenvalue weighted by molar-refractivity contribution is 0.569. The summed E-state index contributed by atoms with van der Waals surface area (Å²) in [6.07, 6.45) is 0. The van der Waals surface area contributed by atoms with Crippen LogP contribution in [0.5, 0.6) is 0 Å². The van der Waals surface area contributed by atoms with Gasteiger partial charge in [-0.25, -0.2) is 16.8 Å². The zero-order chi connectivity index (χ0) is 17.9. The van der Waals surface area contributed by atoms with Crippen molar-refractivity contribution in [2.45, 2.75) is 59.1 Å². The molecule has 2 aromatic carbocycles. The summed E-state index contributed by atoms with van der Waals surface area (Å²) in [4.78, 5) is -0.474. The van der Waals surface area contributed by atoms with Crippen molar-refractivity contribution in [3.8, 4) is 0 Å². The van der Waals surface area contributed by atoms with Crippen LogP contribution in [0, 0.1) is 0 Å². The summed E-state index contributed by atoms with van der Waals surface area (Å²) in [6, 6.07) is 9.20. The van der Waals surface area contributed by atoms with E-state index in [4.69, 9.17) is 0 Å². The second-order valence-corrected chi connectivity index (χ2v) is 10.5. The highest BCUT2D eigenvalue weighted by atomic mass is 32.2. The molecule has 0 saturated heterocycles. The molecule has 0 saturated carbocycles. The van der Waals surface area contributed by atoms with E-state index in [0.717, 1.165) is 11.1 Å². The second kappa shape index (κ2) is 5.43. The molecule has 1 aliphatic heterocycles. The second-order valence-electron chi connectivity index (χ2n) is 6.73. The molecule has 0 aromatic heterocycles. The molecule has 0 bridgehead atoms. The number of rotatable bonds is 2. The molecule has 0 unspecified atom stereocenters. The van der Waals surface area contributed by atoms with Gasteiger partial charge in [-0.3, -0.25) is 0 Å². The minimum Gasteiger partial charge on any atom is -0.218 e. The monoisotopic (exact) mass is 364 g/mol. The van der Waals surface area contributed by atoms with E-state index in [1.807, 2.05) is 27.7 Å². The minimum absolute atomic E-state index is 0.109. The Labute approximate surface area is 143 Å². The Balaban J connectivity index is 2.39. The fraction of sp³-hybridized carbons (Fsp3) is 0.333. The molecule has 0 radical (unpaired) electrons. The van der Waals surface area contributed by atoms with Gasteiger partial charge >= 0.3 is 0 Å². The summed E-state index contributed by atoms with van der Waals surface area (Å²) in [5.74, 6) is 0.218. The summed E-state index contributed by atoms with van der Waals surface area (Å²) < 4.78 is 51.9. The van der Waals surface area contributed by atoms with Gasteiger partial charge in [0.15, 0.2) is 0 Å². The van der Waals surface area contributed by atoms with Crippen LogP contribution in [0.1, 0.15) is 50.7 Å². The van der Waals surface area contributed by atoms with E-state index in [1.165, 1.54) is 24.3 Å². The average Bonchev–Trinajstić information content (AvgIpc) is 2.52. The lowest BCUT2D eigenvalue weighted by Crippen LogP contribution is -2.20. The van der Waals surface area contributed by atoms with Gasteiger partial charge in [-0.15, -0.1) is 0 Å². The maximum Gasteiger partial charge on any atom is 0.209 e. The van der Waals surface area contributed by atoms with E-state index in [2.05, 4.69) is 0 Å². The molecule has 1 aliphatic rings. The molecule has 0 N–H and O–H groups in total. The first-order valence-electron chi connectivity index (χ1n) is 7.85. The smallest absolute Gasteiger partial charge is 0.209 e. The number of sulfone groups is 2. The molecular weight excluding hydrogens is 344 g/mol. The maximum atomic E-state index is 13.0. The van der Waals surface area contributed by atoms with Gasteiger partial charge in [0.25, 0.3) is 0 Å². The highest BCUT2D eigenvalue weighted by molar-refractivity contribution is 7.97. The van der Waals surface area contributed by atoms with Gasteiger partial charge < -0.3 is 0 Å². The minimum atomic E-state index is -3.85. The first-order chi connectivity index (χ1) is 11.1. The summed E-state index contributed by atoms with van der Waals surface area (Å²) in [7, 11) is -7.70. The van der Waals surface area contributed by atoms with Crippen molar-refractivity contribution in [2.75, 3.05) is 0 Å². The summed E-state index contributed by atoms with van der Waals surface area (Å²) in [6.45, 7) is 7.76. The van der Waals surface area contributed by atoms with Gasteiger partial charge in [-0.05, 0) is 47.2 Å². The van der Waals surface area contributed by atoms with E-state index in [1.54, 1.807) is 12.1 Å². The third kappa shape index (κ3) is 2.40. The molecule has 0 aliphatic carbocycles. The number of hydrogen-bond donors (Lipinski definition) is 0. The summed E-state index contributed by atoms with van der Waals surface area (Å²) in [5, 5.41) is 0. The lowest BCUT2D eigenvalue weighted by atomic mass is 10.0. The standard InChI is InChI=1S/C18H20O4S2/c1-11(2)13-5-7-15-17(9-13)23(19,20)16-8-6-14(12(3)4)10-18(16)24(15,21)22/h5-12H,1-4H3. The largest absolute Gasteiger partial charge is 0.218 e. The Kier molecular flexibility index (Phi) is 3.88. The van der Waals surface area contributed by atoms with Crippen LogP contribution in [-0.2, 0) is 19.7 Å². The number of benzene rings is 2. The van der Waals surface area contributed by atoms with Crippen LogP contribution >= 0.6 is 0 Å². The van der Waals surface area contributed by atoms with E-state index in [9.17, 15) is 16.8 Å². The van der Waals surface area contributed by atoms with Crippen LogP contribution in [0.4, 0.5) is 0 Å². The molecule has 0 spiro atoms. The molecule has 6 heteroatoms. The van der Waals surface area contributed by atoms with Gasteiger partial charge in [0.05, 0.1) is 19.6 Å². The van der Waals surface area contributed by atoms with Crippen molar-refractivity contribution in [1.82, 2.24) is 0 Å². The van der Waals surface area contributed by atoms with Crippen molar-refractivity contribution in [3.63, 3.8) is 0 Å². The highest BCUT2D eigenvalue weighted by Gasteiger charge is 2.39. The van der Waals surface area contributed by atoms with Gasteiger partial charge in [0.2, 0.25) is 19.7 Å². The summed E-state index contributed by atoms with van der Waals surface area (Å²) >= 11 is 0. The Morgan fingerprint density at radius 3 is 1.21 bits per heavy atom. The fourth-order valence-electron chi connectivity index (χ4n) is 2.87. The van der Waals surface area contributed by atoms with Gasteiger partial charge in [-0.1, -0.05) is 39.8 Å². The van der Waals surface area contributed by atoms with Crippen molar-refractivity contribution in [2.24, 2.45) is 0 Å². The third-order valence-electron chi connectivity index (χ3n) is 4.43. The molecule has 4 nitrogen and oxygen atoms in total. The van der Waals surface area contributed by atoms with Crippen LogP contribution in [0.15, 0.2) is 56.0 Å².